The number of hydrogen-bond donors (Lipinski definition) is 5. The van der Waals surface area contributed by atoms with Crippen LogP contribution in [-0.2, 0) is 0 Å². The highest BCUT2D eigenvalue weighted by Gasteiger charge is 2.23. The molecule has 2 aromatic heterocycles. The molecule has 2 aromatic carbocycles. The molecule has 11 heteroatoms. The minimum Gasteiger partial charge on any atom is -0.592 e. The second-order valence-corrected chi connectivity index (χ2v) is 8.37. The first kappa shape index (κ1) is 22.4. The van der Waals surface area contributed by atoms with Crippen molar-refractivity contribution in [3.63, 3.8) is 0 Å². The topological polar surface area (TPSA) is 160 Å². The van der Waals surface area contributed by atoms with Crippen molar-refractivity contribution in [1.29, 1.82) is 0 Å². The molecule has 7 N–H and O–H groups in total. The van der Waals surface area contributed by atoms with Crippen LogP contribution in [0.4, 0.5) is 11.6 Å². The Balaban J connectivity index is 1.27. The van der Waals surface area contributed by atoms with E-state index in [1.807, 2.05) is 19.1 Å². The summed E-state index contributed by atoms with van der Waals surface area (Å²) >= 11 is 0. The molecule has 180 valence electrons. The number of piperidine rings is 1. The Bertz CT molecular complexity index is 1390. The van der Waals surface area contributed by atoms with Crippen molar-refractivity contribution in [2.75, 3.05) is 23.7 Å². The van der Waals surface area contributed by atoms with E-state index >= 15 is 0 Å². The van der Waals surface area contributed by atoms with Crippen LogP contribution in [0.2, 0.25) is 0 Å². The number of anilines is 2. The lowest BCUT2D eigenvalue weighted by Gasteiger charge is -2.24. The first-order valence-electron chi connectivity index (χ1n) is 11.3. The minimum absolute atomic E-state index is 0.00225. The van der Waals surface area contributed by atoms with E-state index in [1.54, 1.807) is 24.3 Å². The SMILES string of the molecule is Cc1cc(OC2CCNCC2)ccc1NC(=O)c1nc[nH]c1C(=O)Nc1nc2c([OH2+])cccc2[nH]1. The summed E-state index contributed by atoms with van der Waals surface area (Å²) in [5, 5.41) is 16.7. The summed E-state index contributed by atoms with van der Waals surface area (Å²) in [6.45, 7) is 3.77. The fourth-order valence-electron chi connectivity index (χ4n) is 4.04. The van der Waals surface area contributed by atoms with Crippen LogP contribution in [0.3, 0.4) is 0 Å². The van der Waals surface area contributed by atoms with E-state index in [9.17, 15) is 9.59 Å². The number of aryl methyl sites for hydroxylation is 1. The summed E-state index contributed by atoms with van der Waals surface area (Å²) < 4.78 is 6.06. The van der Waals surface area contributed by atoms with Gasteiger partial charge in [0.15, 0.2) is 11.2 Å². The smallest absolute Gasteiger partial charge is 0.282 e. The van der Waals surface area contributed by atoms with Crippen LogP contribution >= 0.6 is 0 Å². The summed E-state index contributed by atoms with van der Waals surface area (Å²) in [7, 11) is 0. The predicted molar refractivity (Wildman–Crippen MR) is 131 cm³/mol. The maximum atomic E-state index is 12.9. The van der Waals surface area contributed by atoms with Crippen LogP contribution in [0.5, 0.6) is 11.5 Å². The highest BCUT2D eigenvalue weighted by atomic mass is 16.5. The van der Waals surface area contributed by atoms with E-state index in [1.165, 1.54) is 6.33 Å². The quantitative estimate of drug-likeness (QED) is 0.269. The van der Waals surface area contributed by atoms with E-state index in [0.29, 0.717) is 16.7 Å². The summed E-state index contributed by atoms with van der Waals surface area (Å²) in [6.07, 6.45) is 3.38. The minimum atomic E-state index is -0.583. The molecule has 35 heavy (non-hydrogen) atoms. The van der Waals surface area contributed by atoms with Crippen LogP contribution in [0.25, 0.3) is 11.0 Å². The second-order valence-electron chi connectivity index (χ2n) is 8.37. The average Bonchev–Trinajstić information content (AvgIpc) is 3.49. The van der Waals surface area contributed by atoms with Gasteiger partial charge in [0.1, 0.15) is 17.5 Å². The van der Waals surface area contributed by atoms with Gasteiger partial charge in [0, 0.05) is 11.8 Å². The standard InChI is InChI=1S/C24H25N7O4/c1-13-11-15(35-14-7-9-25-10-8-14)5-6-16(13)28-22(33)20-21(27-12-26-20)23(34)31-24-29-17-3-2-4-18(32)19(17)30-24/h2-6,11-12,14,25,32H,7-10H2,1H3,(H,26,27)(H,28,33)(H2,29,30,31,34)/p+1. The number of rotatable bonds is 6. The molecule has 0 unspecified atom stereocenters. The Morgan fingerprint density at radius 3 is 2.71 bits per heavy atom. The molecule has 1 saturated heterocycles. The number of H-pyrrole nitrogens is 2. The van der Waals surface area contributed by atoms with Gasteiger partial charge in [-0.2, -0.15) is 0 Å². The Morgan fingerprint density at radius 1 is 1.11 bits per heavy atom. The van der Waals surface area contributed by atoms with Crippen molar-refractivity contribution >= 4 is 34.5 Å². The van der Waals surface area contributed by atoms with Gasteiger partial charge in [-0.15, -0.1) is 0 Å². The number of nitrogens with zero attached hydrogens (tertiary/aromatic N) is 2. The summed E-state index contributed by atoms with van der Waals surface area (Å²) in [4.78, 5) is 39.7. The number of ether oxygens (including phenoxy) is 1. The van der Waals surface area contributed by atoms with Gasteiger partial charge in [0.2, 0.25) is 5.95 Å². The number of imidazole rings is 2. The Morgan fingerprint density at radius 2 is 1.94 bits per heavy atom. The van der Waals surface area contributed by atoms with Gasteiger partial charge in [-0.25, -0.2) is 9.97 Å². The molecular weight excluding hydrogens is 450 g/mol. The number of aromatic nitrogens is 4. The summed E-state index contributed by atoms with van der Waals surface area (Å²) in [6, 6.07) is 10.6. The molecule has 1 fully saturated rings. The maximum Gasteiger partial charge on any atom is 0.282 e. The van der Waals surface area contributed by atoms with E-state index in [4.69, 9.17) is 9.84 Å². The summed E-state index contributed by atoms with van der Waals surface area (Å²) in [5.74, 6) is 0.0633. The molecule has 0 atom stereocenters. The van der Waals surface area contributed by atoms with Crippen LogP contribution in [-0.4, -0.2) is 56.1 Å². The second kappa shape index (κ2) is 9.47. The summed E-state index contributed by atoms with van der Waals surface area (Å²) in [5.41, 5.74) is 2.45. The van der Waals surface area contributed by atoms with Gasteiger partial charge in [-0.3, -0.25) is 14.9 Å². The van der Waals surface area contributed by atoms with Crippen molar-refractivity contribution in [3.8, 4) is 11.5 Å². The molecular formula is C24H26N7O4+. The largest absolute Gasteiger partial charge is 0.592 e. The first-order valence-corrected chi connectivity index (χ1v) is 11.3. The fraction of sp³-hybridized carbons (Fsp3) is 0.250. The van der Waals surface area contributed by atoms with Crippen molar-refractivity contribution in [1.82, 2.24) is 25.3 Å². The Labute approximate surface area is 200 Å². The number of nitrogens with one attached hydrogen (secondary N) is 5. The molecule has 4 aromatic rings. The molecule has 0 radical (unpaired) electrons. The number of carbonyl (C=O) groups excluding carboxylic acids is 2. The number of carbonyl (C=O) groups is 2. The number of para-hydroxylation sites is 1. The molecule has 3 heterocycles. The van der Waals surface area contributed by atoms with Gasteiger partial charge in [0.05, 0.1) is 11.8 Å². The third kappa shape index (κ3) is 4.80. The van der Waals surface area contributed by atoms with E-state index in [0.717, 1.165) is 37.2 Å². The lowest BCUT2D eigenvalue weighted by atomic mass is 10.1. The van der Waals surface area contributed by atoms with E-state index < -0.39 is 11.8 Å². The van der Waals surface area contributed by atoms with Crippen molar-refractivity contribution in [3.05, 3.63) is 59.7 Å². The van der Waals surface area contributed by atoms with Gasteiger partial charge >= 0.3 is 0 Å². The van der Waals surface area contributed by atoms with Crippen LogP contribution in [0.15, 0.2) is 42.7 Å². The van der Waals surface area contributed by atoms with E-state index in [2.05, 4.69) is 35.9 Å². The van der Waals surface area contributed by atoms with Crippen LogP contribution in [0, 0.1) is 6.92 Å². The van der Waals surface area contributed by atoms with Gasteiger partial charge in [-0.05, 0) is 62.7 Å². The third-order valence-electron chi connectivity index (χ3n) is 5.86. The lowest BCUT2D eigenvalue weighted by molar-refractivity contribution is 0.0985. The molecule has 0 saturated carbocycles. The zero-order chi connectivity index (χ0) is 24.4. The highest BCUT2D eigenvalue weighted by molar-refractivity contribution is 6.13. The number of hydrogen-bond acceptors (Lipinski definition) is 6. The highest BCUT2D eigenvalue weighted by Crippen LogP contribution is 2.25. The molecule has 11 nitrogen and oxygen atoms in total. The van der Waals surface area contributed by atoms with Crippen molar-refractivity contribution < 1.29 is 19.4 Å². The number of aromatic amines is 2. The first-order chi connectivity index (χ1) is 17.0. The molecule has 1 aliphatic rings. The van der Waals surface area contributed by atoms with E-state index in [-0.39, 0.29) is 29.2 Å². The molecule has 2 amide bonds. The Kier molecular flexibility index (Phi) is 6.06. The molecule has 0 aliphatic carbocycles. The van der Waals surface area contributed by atoms with Crippen molar-refractivity contribution in [2.24, 2.45) is 0 Å². The average molecular weight is 477 g/mol. The number of amides is 2. The molecule has 1 aliphatic heterocycles. The van der Waals surface area contributed by atoms with Gasteiger partial charge < -0.3 is 30.4 Å². The van der Waals surface area contributed by atoms with Gasteiger partial charge in [0.25, 0.3) is 17.6 Å². The van der Waals surface area contributed by atoms with Crippen LogP contribution in [0.1, 0.15) is 39.4 Å². The molecule has 0 spiro atoms. The maximum absolute atomic E-state index is 12.9. The Hall–Kier alpha value is -4.38. The lowest BCUT2D eigenvalue weighted by Crippen LogP contribution is -2.34. The monoisotopic (exact) mass is 476 g/mol. The normalized spacial score (nSPS) is 14.1. The fourth-order valence-corrected chi connectivity index (χ4v) is 4.04. The van der Waals surface area contributed by atoms with Gasteiger partial charge in [-0.1, -0.05) is 6.07 Å². The zero-order valence-corrected chi connectivity index (χ0v) is 19.1. The predicted octanol–water partition coefficient (Wildman–Crippen LogP) is 2.67. The third-order valence-corrected chi connectivity index (χ3v) is 5.86. The number of benzene rings is 2. The zero-order valence-electron chi connectivity index (χ0n) is 19.1. The molecule has 5 rings (SSSR count). The molecule has 0 bridgehead atoms. The van der Waals surface area contributed by atoms with Crippen molar-refractivity contribution in [2.45, 2.75) is 25.9 Å². The van der Waals surface area contributed by atoms with Crippen LogP contribution < -0.4 is 20.7 Å². The number of fused-ring (bicyclic) bond motifs is 1.